The van der Waals surface area contributed by atoms with Gasteiger partial charge < -0.3 is 34.9 Å². The number of Topliss-reactive ketones (excluding diaryl/α,β-unsaturated/α-hetero) is 1. The number of ether oxygens (including phenoxy) is 3. The van der Waals surface area contributed by atoms with Gasteiger partial charge in [-0.1, -0.05) is 29.8 Å². The first-order valence-electron chi connectivity index (χ1n) is 15.8. The lowest BCUT2D eigenvalue weighted by molar-refractivity contribution is -0.145. The molecule has 256 valence electrons. The van der Waals surface area contributed by atoms with Crippen LogP contribution in [0.2, 0.25) is 5.02 Å². The molecule has 3 N–H and O–H groups in total. The predicted octanol–water partition coefficient (Wildman–Crippen LogP) is 6.33. The van der Waals surface area contributed by atoms with Crippen molar-refractivity contribution in [3.63, 3.8) is 0 Å². The number of likely N-dealkylation sites (tertiary alicyclic amines) is 1. The molecule has 1 atom stereocenters. The molecule has 0 aromatic heterocycles. The van der Waals surface area contributed by atoms with Crippen LogP contribution in [-0.4, -0.2) is 71.3 Å². The third-order valence-corrected chi connectivity index (χ3v) is 7.84. The molecule has 0 radical (unpaired) electrons. The van der Waals surface area contributed by atoms with Crippen LogP contribution in [0, 0.1) is 0 Å². The molecule has 1 unspecified atom stereocenters. The third kappa shape index (κ3) is 10.7. The van der Waals surface area contributed by atoms with Gasteiger partial charge in [0, 0.05) is 60.9 Å². The number of halogens is 1. The van der Waals surface area contributed by atoms with Crippen LogP contribution in [0.15, 0.2) is 66.7 Å². The SMILES string of the molecule is CC(OC(=O)CNCc1c(NCc2ccc(OC3CCN(C(=O)OC(C)(C)C)CC3)cc2)cccc1C(=O)O)C(=O)c1ccc(Cl)cc1. The number of esters is 1. The lowest BCUT2D eigenvalue weighted by Gasteiger charge is -2.33. The Hall–Kier alpha value is -4.61. The van der Waals surface area contributed by atoms with E-state index in [1.807, 2.05) is 45.0 Å². The topological polar surface area (TPSA) is 144 Å². The van der Waals surface area contributed by atoms with E-state index in [9.17, 15) is 24.3 Å². The van der Waals surface area contributed by atoms with Gasteiger partial charge in [0.1, 0.15) is 17.5 Å². The predicted molar refractivity (Wildman–Crippen MR) is 182 cm³/mol. The molecule has 12 heteroatoms. The number of piperidine rings is 1. The van der Waals surface area contributed by atoms with Crippen molar-refractivity contribution in [2.45, 2.75) is 71.4 Å². The van der Waals surface area contributed by atoms with Crippen molar-refractivity contribution in [1.29, 1.82) is 0 Å². The van der Waals surface area contributed by atoms with Crippen LogP contribution in [0.1, 0.15) is 72.4 Å². The van der Waals surface area contributed by atoms with Gasteiger partial charge >= 0.3 is 18.0 Å². The van der Waals surface area contributed by atoms with Gasteiger partial charge in [-0.25, -0.2) is 9.59 Å². The number of carbonyl (C=O) groups excluding carboxylic acids is 3. The molecular formula is C36H42ClN3O8. The lowest BCUT2D eigenvalue weighted by atomic mass is 10.0. The van der Waals surface area contributed by atoms with E-state index < -0.39 is 23.6 Å². The molecule has 1 saturated heterocycles. The highest BCUT2D eigenvalue weighted by molar-refractivity contribution is 6.30. The largest absolute Gasteiger partial charge is 0.490 e. The first-order chi connectivity index (χ1) is 22.8. The number of anilines is 1. The smallest absolute Gasteiger partial charge is 0.410 e. The zero-order chi connectivity index (χ0) is 34.8. The first-order valence-corrected chi connectivity index (χ1v) is 16.2. The molecule has 0 aliphatic carbocycles. The van der Waals surface area contributed by atoms with Crippen molar-refractivity contribution in [3.8, 4) is 5.75 Å². The quantitative estimate of drug-likeness (QED) is 0.138. The monoisotopic (exact) mass is 679 g/mol. The van der Waals surface area contributed by atoms with Gasteiger partial charge in [0.2, 0.25) is 5.78 Å². The van der Waals surface area contributed by atoms with Gasteiger partial charge in [0.15, 0.2) is 6.10 Å². The van der Waals surface area contributed by atoms with Crippen molar-refractivity contribution >= 4 is 41.1 Å². The third-order valence-electron chi connectivity index (χ3n) is 7.59. The van der Waals surface area contributed by atoms with Gasteiger partial charge in [-0.3, -0.25) is 9.59 Å². The molecular weight excluding hydrogens is 638 g/mol. The van der Waals surface area contributed by atoms with Crippen molar-refractivity contribution < 1.29 is 38.5 Å². The number of ketones is 1. The van der Waals surface area contributed by atoms with Gasteiger partial charge in [0.05, 0.1) is 12.1 Å². The number of carboxylic acid groups (broad SMARTS) is 1. The second kappa shape index (κ2) is 16.5. The summed E-state index contributed by atoms with van der Waals surface area (Å²) in [6, 6.07) is 18.9. The summed E-state index contributed by atoms with van der Waals surface area (Å²) in [6.07, 6.45) is 0.0976. The summed E-state index contributed by atoms with van der Waals surface area (Å²) < 4.78 is 16.9. The van der Waals surface area contributed by atoms with E-state index in [4.69, 9.17) is 25.8 Å². The van der Waals surface area contributed by atoms with Crippen molar-refractivity contribution in [2.75, 3.05) is 25.0 Å². The Labute approximate surface area is 285 Å². The molecule has 11 nitrogen and oxygen atoms in total. The average Bonchev–Trinajstić information content (AvgIpc) is 3.04. The van der Waals surface area contributed by atoms with Gasteiger partial charge in [-0.2, -0.15) is 0 Å². The number of rotatable bonds is 13. The maximum atomic E-state index is 12.6. The van der Waals surface area contributed by atoms with E-state index in [0.717, 1.165) is 11.3 Å². The standard InChI is InChI=1S/C36H42ClN3O8/c1-23(33(42)25-10-12-26(37)13-11-25)46-32(41)22-38-21-30-29(34(43)44)6-5-7-31(30)39-20-24-8-14-27(15-9-24)47-28-16-18-40(19-17-28)35(45)48-36(2,3)4/h5-15,23,28,38-39H,16-22H2,1-4H3,(H,43,44). The van der Waals surface area contributed by atoms with Gasteiger partial charge in [0.25, 0.3) is 0 Å². The van der Waals surface area contributed by atoms with E-state index in [0.29, 0.717) is 54.3 Å². The molecule has 0 saturated carbocycles. The number of benzene rings is 3. The fourth-order valence-electron chi connectivity index (χ4n) is 5.13. The van der Waals surface area contributed by atoms with E-state index >= 15 is 0 Å². The second-order valence-corrected chi connectivity index (χ2v) is 13.0. The Balaban J connectivity index is 1.27. The number of hydrogen-bond acceptors (Lipinski definition) is 9. The van der Waals surface area contributed by atoms with E-state index in [1.165, 1.54) is 13.0 Å². The highest BCUT2D eigenvalue weighted by Crippen LogP contribution is 2.24. The summed E-state index contributed by atoms with van der Waals surface area (Å²) in [5.41, 5.74) is 1.95. The molecule has 1 aliphatic heterocycles. The molecule has 1 amide bonds. The summed E-state index contributed by atoms with van der Waals surface area (Å²) in [7, 11) is 0. The molecule has 0 bridgehead atoms. The maximum absolute atomic E-state index is 12.6. The number of nitrogens with one attached hydrogen (secondary N) is 2. The van der Waals surface area contributed by atoms with E-state index in [-0.39, 0.29) is 36.6 Å². The van der Waals surface area contributed by atoms with Crippen molar-refractivity contribution in [3.05, 3.63) is 94.0 Å². The molecule has 1 aliphatic rings. The van der Waals surface area contributed by atoms with Crippen LogP contribution < -0.4 is 15.4 Å². The summed E-state index contributed by atoms with van der Waals surface area (Å²) in [4.78, 5) is 51.1. The van der Waals surface area contributed by atoms with E-state index in [1.54, 1.807) is 41.3 Å². The summed E-state index contributed by atoms with van der Waals surface area (Å²) in [6.45, 7) is 8.43. The van der Waals surface area contributed by atoms with Gasteiger partial charge in [-0.05, 0) is 81.8 Å². The Morgan fingerprint density at radius 3 is 2.25 bits per heavy atom. The highest BCUT2D eigenvalue weighted by Gasteiger charge is 2.28. The minimum atomic E-state index is -1.10. The molecule has 3 aromatic carbocycles. The molecule has 48 heavy (non-hydrogen) atoms. The number of carboxylic acids is 1. The molecule has 1 fully saturated rings. The van der Waals surface area contributed by atoms with E-state index in [2.05, 4.69) is 10.6 Å². The highest BCUT2D eigenvalue weighted by atomic mass is 35.5. The van der Waals surface area contributed by atoms with Crippen molar-refractivity contribution in [2.24, 2.45) is 0 Å². The number of hydrogen-bond donors (Lipinski definition) is 3. The Morgan fingerprint density at radius 1 is 0.958 bits per heavy atom. The molecule has 4 rings (SSSR count). The summed E-state index contributed by atoms with van der Waals surface area (Å²) in [5, 5.41) is 16.5. The van der Waals surface area contributed by atoms with Crippen LogP contribution in [0.5, 0.6) is 5.75 Å². The molecule has 1 heterocycles. The van der Waals surface area contributed by atoms with Gasteiger partial charge in [-0.15, -0.1) is 0 Å². The van der Waals surface area contributed by atoms with Crippen molar-refractivity contribution in [1.82, 2.24) is 10.2 Å². The summed E-state index contributed by atoms with van der Waals surface area (Å²) >= 11 is 5.88. The second-order valence-electron chi connectivity index (χ2n) is 12.5. The normalized spacial score (nSPS) is 14.1. The fourth-order valence-corrected chi connectivity index (χ4v) is 5.26. The Bertz CT molecular complexity index is 1580. The number of aromatic carboxylic acids is 1. The van der Waals surface area contributed by atoms with Crippen LogP contribution in [-0.2, 0) is 27.4 Å². The maximum Gasteiger partial charge on any atom is 0.410 e. The first kappa shape index (κ1) is 36.2. The number of amides is 1. The van der Waals surface area contributed by atoms with Crippen LogP contribution in [0.4, 0.5) is 10.5 Å². The van der Waals surface area contributed by atoms with Crippen LogP contribution >= 0.6 is 11.6 Å². The molecule has 0 spiro atoms. The average molecular weight is 680 g/mol. The van der Waals surface area contributed by atoms with Crippen LogP contribution in [0.25, 0.3) is 0 Å². The Morgan fingerprint density at radius 2 is 1.62 bits per heavy atom. The Kier molecular flexibility index (Phi) is 12.4. The minimum Gasteiger partial charge on any atom is -0.490 e. The number of carbonyl (C=O) groups is 4. The zero-order valence-electron chi connectivity index (χ0n) is 27.6. The van der Waals surface area contributed by atoms with Crippen LogP contribution in [0.3, 0.4) is 0 Å². The minimum absolute atomic E-state index is 0.00839. The number of nitrogens with zero attached hydrogens (tertiary/aromatic N) is 1. The zero-order valence-corrected chi connectivity index (χ0v) is 28.3. The molecule has 3 aromatic rings. The fraction of sp³-hybridized carbons (Fsp3) is 0.389. The lowest BCUT2D eigenvalue weighted by Crippen LogP contribution is -2.44. The summed E-state index contributed by atoms with van der Waals surface area (Å²) in [5.74, 6) is -1.38.